The topological polar surface area (TPSA) is 59.8 Å². The second kappa shape index (κ2) is 8.05. The van der Waals surface area contributed by atoms with Crippen LogP contribution in [0.25, 0.3) is 11.4 Å². The monoisotopic (exact) mass is 386 g/mol. The van der Waals surface area contributed by atoms with Gasteiger partial charge in [0.15, 0.2) is 11.0 Å². The average Bonchev–Trinajstić information content (AvgIpc) is 3.21. The minimum Gasteiger partial charge on any atom is -0.325 e. The van der Waals surface area contributed by atoms with E-state index in [4.69, 9.17) is 0 Å². The third-order valence-electron chi connectivity index (χ3n) is 3.84. The number of carbonyl (C=O) groups excluding carboxylic acids is 1. The van der Waals surface area contributed by atoms with Crippen molar-refractivity contribution in [3.05, 3.63) is 46.2 Å². The normalized spacial score (nSPS) is 11.1. The molecule has 136 valence electrons. The second-order valence-corrected chi connectivity index (χ2v) is 8.48. The van der Waals surface area contributed by atoms with Gasteiger partial charge in [-0.1, -0.05) is 29.5 Å². The Balaban J connectivity index is 1.70. The molecule has 3 aromatic rings. The summed E-state index contributed by atoms with van der Waals surface area (Å²) in [6.07, 6.45) is 0. The Bertz CT molecular complexity index is 897. The largest absolute Gasteiger partial charge is 0.325 e. The highest BCUT2D eigenvalue weighted by molar-refractivity contribution is 7.99. The van der Waals surface area contributed by atoms with Crippen molar-refractivity contribution >= 4 is 34.7 Å². The van der Waals surface area contributed by atoms with E-state index in [0.717, 1.165) is 22.2 Å². The number of anilines is 1. The van der Waals surface area contributed by atoms with Crippen LogP contribution < -0.4 is 5.32 Å². The van der Waals surface area contributed by atoms with Crippen molar-refractivity contribution in [1.29, 1.82) is 0 Å². The third-order valence-corrected chi connectivity index (χ3v) is 5.64. The quantitative estimate of drug-likeness (QED) is 0.610. The molecule has 1 aromatic carbocycles. The lowest BCUT2D eigenvalue weighted by Crippen LogP contribution is -2.15. The minimum atomic E-state index is -0.0508. The molecule has 0 unspecified atom stereocenters. The predicted molar refractivity (Wildman–Crippen MR) is 109 cm³/mol. The van der Waals surface area contributed by atoms with Crippen molar-refractivity contribution in [2.24, 2.45) is 0 Å². The van der Waals surface area contributed by atoms with Crippen LogP contribution in [0.3, 0.4) is 0 Å². The first-order valence-electron chi connectivity index (χ1n) is 8.44. The molecule has 7 heteroatoms. The van der Waals surface area contributed by atoms with Gasteiger partial charge < -0.3 is 5.32 Å². The van der Waals surface area contributed by atoms with Crippen LogP contribution in [-0.4, -0.2) is 26.4 Å². The maximum atomic E-state index is 12.2. The average molecular weight is 387 g/mol. The van der Waals surface area contributed by atoms with Crippen molar-refractivity contribution in [3.8, 4) is 11.4 Å². The van der Waals surface area contributed by atoms with E-state index < -0.39 is 0 Å². The molecule has 0 spiro atoms. The molecule has 2 aromatic heterocycles. The van der Waals surface area contributed by atoms with Gasteiger partial charge in [-0.05, 0) is 45.9 Å². The van der Waals surface area contributed by atoms with E-state index in [0.29, 0.717) is 5.75 Å². The molecule has 0 aliphatic heterocycles. The Morgan fingerprint density at radius 2 is 1.96 bits per heavy atom. The van der Waals surface area contributed by atoms with E-state index in [1.807, 2.05) is 31.2 Å². The van der Waals surface area contributed by atoms with Crippen LogP contribution in [0.1, 0.15) is 30.3 Å². The number of carbonyl (C=O) groups is 1. The van der Waals surface area contributed by atoms with Crippen LogP contribution in [0.4, 0.5) is 5.69 Å². The van der Waals surface area contributed by atoms with Gasteiger partial charge in [-0.15, -0.1) is 21.5 Å². The Labute approximate surface area is 161 Å². The Hall–Kier alpha value is -2.12. The van der Waals surface area contributed by atoms with Crippen molar-refractivity contribution < 1.29 is 4.79 Å². The number of hydrogen-bond donors (Lipinski definition) is 1. The Morgan fingerprint density at radius 1 is 1.23 bits per heavy atom. The highest BCUT2D eigenvalue weighted by Gasteiger charge is 2.18. The number of nitrogens with zero attached hydrogens (tertiary/aromatic N) is 3. The van der Waals surface area contributed by atoms with Gasteiger partial charge in [-0.25, -0.2) is 0 Å². The van der Waals surface area contributed by atoms with Gasteiger partial charge in [-0.2, -0.15) is 0 Å². The van der Waals surface area contributed by atoms with Crippen molar-refractivity contribution in [2.75, 3.05) is 11.1 Å². The van der Waals surface area contributed by atoms with Crippen LogP contribution >= 0.6 is 23.1 Å². The molecule has 3 rings (SSSR count). The molecule has 0 saturated heterocycles. The molecule has 0 aliphatic carbocycles. The summed E-state index contributed by atoms with van der Waals surface area (Å²) in [6, 6.07) is 10.1. The number of nitrogens with one attached hydrogen (secondary N) is 1. The zero-order chi connectivity index (χ0) is 18.7. The molecule has 26 heavy (non-hydrogen) atoms. The van der Waals surface area contributed by atoms with Crippen LogP contribution in [0.2, 0.25) is 0 Å². The highest BCUT2D eigenvalue weighted by atomic mass is 32.2. The molecule has 0 bridgehead atoms. The Morgan fingerprint density at radius 3 is 2.58 bits per heavy atom. The second-order valence-electron chi connectivity index (χ2n) is 6.42. The summed E-state index contributed by atoms with van der Waals surface area (Å²) < 4.78 is 2.09. The summed E-state index contributed by atoms with van der Waals surface area (Å²) >= 11 is 3.11. The van der Waals surface area contributed by atoms with E-state index >= 15 is 0 Å². The van der Waals surface area contributed by atoms with E-state index in [1.54, 1.807) is 11.3 Å². The number of rotatable bonds is 6. The van der Waals surface area contributed by atoms with E-state index in [-0.39, 0.29) is 11.9 Å². The third kappa shape index (κ3) is 4.34. The van der Waals surface area contributed by atoms with Gasteiger partial charge in [0.25, 0.3) is 0 Å². The van der Waals surface area contributed by atoms with Crippen molar-refractivity contribution in [3.63, 3.8) is 0 Å². The SMILES string of the molecule is Cc1ccc(NC(=O)CSc2nnc(-c3csc(C)c3)n2C(C)C)cc1. The van der Waals surface area contributed by atoms with Crippen LogP contribution in [0, 0.1) is 13.8 Å². The number of thiophene rings is 1. The fourth-order valence-corrected chi connectivity index (χ4v) is 4.11. The van der Waals surface area contributed by atoms with Crippen LogP contribution in [0.15, 0.2) is 40.9 Å². The number of benzene rings is 1. The van der Waals surface area contributed by atoms with Crippen molar-refractivity contribution in [2.45, 2.75) is 38.9 Å². The lowest BCUT2D eigenvalue weighted by Gasteiger charge is -2.13. The molecule has 1 amide bonds. The van der Waals surface area contributed by atoms with E-state index in [9.17, 15) is 4.79 Å². The number of hydrogen-bond acceptors (Lipinski definition) is 5. The van der Waals surface area contributed by atoms with Gasteiger partial charge in [0.2, 0.25) is 5.91 Å². The lowest BCUT2D eigenvalue weighted by atomic mass is 10.2. The van der Waals surface area contributed by atoms with Crippen LogP contribution in [0.5, 0.6) is 0 Å². The standard InChI is InChI=1S/C19H22N4OS2/c1-12(2)23-18(15-9-14(4)25-10-15)21-22-19(23)26-11-17(24)20-16-7-5-13(3)6-8-16/h5-10,12H,11H2,1-4H3,(H,20,24). The molecule has 0 radical (unpaired) electrons. The Kier molecular flexibility index (Phi) is 5.78. The summed E-state index contributed by atoms with van der Waals surface area (Å²) in [6.45, 7) is 8.30. The zero-order valence-electron chi connectivity index (χ0n) is 15.3. The fraction of sp³-hybridized carbons (Fsp3) is 0.316. The van der Waals surface area contributed by atoms with Gasteiger partial charge in [0.1, 0.15) is 0 Å². The molecule has 5 nitrogen and oxygen atoms in total. The summed E-state index contributed by atoms with van der Waals surface area (Å²) in [5, 5.41) is 14.4. The summed E-state index contributed by atoms with van der Waals surface area (Å²) in [7, 11) is 0. The number of thioether (sulfide) groups is 1. The summed E-state index contributed by atoms with van der Waals surface area (Å²) in [5.74, 6) is 1.09. The van der Waals surface area contributed by atoms with Gasteiger partial charge >= 0.3 is 0 Å². The molecule has 0 saturated carbocycles. The maximum Gasteiger partial charge on any atom is 0.234 e. The fourth-order valence-electron chi connectivity index (χ4n) is 2.56. The number of aryl methyl sites for hydroxylation is 2. The first-order valence-corrected chi connectivity index (χ1v) is 10.3. The van der Waals surface area contributed by atoms with Gasteiger partial charge in [-0.3, -0.25) is 9.36 Å². The van der Waals surface area contributed by atoms with Gasteiger partial charge in [0.05, 0.1) is 5.75 Å². The van der Waals surface area contributed by atoms with Gasteiger partial charge in [0, 0.05) is 27.5 Å². The zero-order valence-corrected chi connectivity index (χ0v) is 16.9. The molecule has 0 fully saturated rings. The smallest absolute Gasteiger partial charge is 0.234 e. The molecule has 2 heterocycles. The molecule has 0 aliphatic rings. The molecule has 0 atom stereocenters. The lowest BCUT2D eigenvalue weighted by molar-refractivity contribution is -0.113. The highest BCUT2D eigenvalue weighted by Crippen LogP contribution is 2.30. The van der Waals surface area contributed by atoms with E-state index in [2.05, 4.69) is 52.3 Å². The minimum absolute atomic E-state index is 0.0508. The summed E-state index contributed by atoms with van der Waals surface area (Å²) in [4.78, 5) is 13.5. The van der Waals surface area contributed by atoms with Crippen molar-refractivity contribution in [1.82, 2.24) is 14.8 Å². The van der Waals surface area contributed by atoms with E-state index in [1.165, 1.54) is 22.2 Å². The number of aromatic nitrogens is 3. The first-order chi connectivity index (χ1) is 12.4. The predicted octanol–water partition coefficient (Wildman–Crippen LogP) is 4.94. The maximum absolute atomic E-state index is 12.2. The number of amides is 1. The summed E-state index contributed by atoms with van der Waals surface area (Å²) in [5.41, 5.74) is 3.05. The molecular weight excluding hydrogens is 364 g/mol. The first kappa shape index (κ1) is 18.7. The molecular formula is C19H22N4OS2. The van der Waals surface area contributed by atoms with Crippen LogP contribution in [-0.2, 0) is 4.79 Å². The molecule has 1 N–H and O–H groups in total.